The second-order valence-corrected chi connectivity index (χ2v) is 5.67. The van der Waals surface area contributed by atoms with Crippen LogP contribution in [0.25, 0.3) is 0 Å². The van der Waals surface area contributed by atoms with Crippen molar-refractivity contribution in [1.82, 2.24) is 5.32 Å². The molecular weight excluding hydrogens is 342 g/mol. The Labute approximate surface area is 149 Å². The molecule has 1 unspecified atom stereocenters. The number of hydrogen-bond donors (Lipinski definition) is 1. The van der Waals surface area contributed by atoms with Gasteiger partial charge in [-0.05, 0) is 12.5 Å². The zero-order valence-electron chi connectivity index (χ0n) is 14.4. The molecule has 1 aromatic carbocycles. The van der Waals surface area contributed by atoms with Gasteiger partial charge in [-0.15, -0.1) is 0 Å². The van der Waals surface area contributed by atoms with Crippen molar-refractivity contribution in [1.29, 1.82) is 0 Å². The molecule has 0 aromatic heterocycles. The summed E-state index contributed by atoms with van der Waals surface area (Å²) < 4.78 is 15.3. The fourth-order valence-corrected chi connectivity index (χ4v) is 3.07. The number of aliphatic imine (C=N–C) groups is 1. The minimum atomic E-state index is -0.880. The first-order chi connectivity index (χ1) is 12.5. The largest absolute Gasteiger partial charge is 0.513 e. The lowest BCUT2D eigenvalue weighted by Crippen LogP contribution is -2.29. The van der Waals surface area contributed by atoms with Crippen LogP contribution in [0.1, 0.15) is 18.4 Å². The molecule has 0 spiro atoms. The number of non-ortho nitro benzene ring substituents is 1. The molecule has 9 nitrogen and oxygen atoms in total. The van der Waals surface area contributed by atoms with Gasteiger partial charge in [0.25, 0.3) is 5.69 Å². The Morgan fingerprint density at radius 1 is 1.38 bits per heavy atom. The molecule has 0 aliphatic carbocycles. The van der Waals surface area contributed by atoms with Crippen molar-refractivity contribution < 1.29 is 23.9 Å². The predicted octanol–water partition coefficient (Wildman–Crippen LogP) is 2.61. The molecule has 1 atom stereocenters. The summed E-state index contributed by atoms with van der Waals surface area (Å²) in [6.07, 6.45) is -0.880. The van der Waals surface area contributed by atoms with Gasteiger partial charge >= 0.3 is 6.16 Å². The Balaban J connectivity index is 2.14. The molecule has 0 fully saturated rings. The molecule has 9 heteroatoms. The number of rotatable bonds is 3. The highest BCUT2D eigenvalue weighted by atomic mass is 16.7. The SMILES string of the molecule is COC(=O)OC1=C(C)NC2=C(C(OC)=NC2)C1c1cccc([N+](=O)[O-])c1. The molecule has 3 rings (SSSR count). The highest BCUT2D eigenvalue weighted by Gasteiger charge is 2.39. The van der Waals surface area contributed by atoms with Crippen molar-refractivity contribution in [2.75, 3.05) is 20.8 Å². The van der Waals surface area contributed by atoms with Gasteiger partial charge < -0.3 is 19.5 Å². The number of dihydropyridines is 1. The van der Waals surface area contributed by atoms with Gasteiger partial charge in [0, 0.05) is 17.8 Å². The van der Waals surface area contributed by atoms with Gasteiger partial charge in [0.1, 0.15) is 5.76 Å². The number of allylic oxidation sites excluding steroid dienone is 2. The molecule has 0 bridgehead atoms. The fourth-order valence-electron chi connectivity index (χ4n) is 3.07. The maximum atomic E-state index is 11.7. The van der Waals surface area contributed by atoms with Gasteiger partial charge in [-0.3, -0.25) is 10.1 Å². The summed E-state index contributed by atoms with van der Waals surface area (Å²) in [5, 5.41) is 14.3. The van der Waals surface area contributed by atoms with Crippen molar-refractivity contribution >= 4 is 17.7 Å². The van der Waals surface area contributed by atoms with E-state index in [1.54, 1.807) is 19.1 Å². The van der Waals surface area contributed by atoms with E-state index in [0.29, 0.717) is 29.3 Å². The molecule has 0 amide bonds. The Hall–Kier alpha value is -3.36. The maximum Gasteiger partial charge on any atom is 0.513 e. The number of nitrogens with one attached hydrogen (secondary N) is 1. The molecule has 2 heterocycles. The van der Waals surface area contributed by atoms with E-state index in [1.165, 1.54) is 26.4 Å². The van der Waals surface area contributed by atoms with Crippen LogP contribution in [0.4, 0.5) is 10.5 Å². The van der Waals surface area contributed by atoms with Crippen molar-refractivity contribution in [3.8, 4) is 0 Å². The minimum absolute atomic E-state index is 0.0628. The van der Waals surface area contributed by atoms with E-state index >= 15 is 0 Å². The van der Waals surface area contributed by atoms with Crippen LogP contribution >= 0.6 is 0 Å². The topological polar surface area (TPSA) is 112 Å². The lowest BCUT2D eigenvalue weighted by atomic mass is 9.85. The number of ether oxygens (including phenoxy) is 3. The zero-order chi connectivity index (χ0) is 18.8. The summed E-state index contributed by atoms with van der Waals surface area (Å²) in [5.41, 5.74) is 2.59. The summed E-state index contributed by atoms with van der Waals surface area (Å²) in [6, 6.07) is 6.16. The maximum absolute atomic E-state index is 11.7. The van der Waals surface area contributed by atoms with Crippen molar-refractivity contribution in [3.05, 3.63) is 62.7 Å². The molecule has 2 aliphatic rings. The monoisotopic (exact) mass is 359 g/mol. The lowest BCUT2D eigenvalue weighted by molar-refractivity contribution is -0.384. The van der Waals surface area contributed by atoms with Gasteiger partial charge in [-0.25, -0.2) is 9.79 Å². The van der Waals surface area contributed by atoms with Crippen LogP contribution in [0.2, 0.25) is 0 Å². The van der Waals surface area contributed by atoms with E-state index in [9.17, 15) is 14.9 Å². The molecule has 1 N–H and O–H groups in total. The van der Waals surface area contributed by atoms with Crippen LogP contribution in [0.5, 0.6) is 0 Å². The summed E-state index contributed by atoms with van der Waals surface area (Å²) in [5.74, 6) is 0.0802. The van der Waals surface area contributed by atoms with Gasteiger partial charge in [-0.2, -0.15) is 0 Å². The van der Waals surface area contributed by atoms with Crippen molar-refractivity contribution in [2.24, 2.45) is 4.99 Å². The van der Waals surface area contributed by atoms with E-state index < -0.39 is 17.0 Å². The molecular formula is C17H17N3O6. The van der Waals surface area contributed by atoms with Gasteiger partial charge in [0.15, 0.2) is 0 Å². The van der Waals surface area contributed by atoms with Crippen molar-refractivity contribution in [3.63, 3.8) is 0 Å². The van der Waals surface area contributed by atoms with E-state index in [0.717, 1.165) is 5.70 Å². The number of carbonyl (C=O) groups is 1. The minimum Gasteiger partial charge on any atom is -0.481 e. The summed E-state index contributed by atoms with van der Waals surface area (Å²) in [6.45, 7) is 2.13. The van der Waals surface area contributed by atoms with Crippen LogP contribution in [0.15, 0.2) is 52.0 Å². The molecule has 26 heavy (non-hydrogen) atoms. The van der Waals surface area contributed by atoms with E-state index in [-0.39, 0.29) is 11.4 Å². The van der Waals surface area contributed by atoms with Gasteiger partial charge in [0.2, 0.25) is 5.90 Å². The number of benzene rings is 1. The number of carbonyl (C=O) groups excluding carboxylic acids is 1. The Kier molecular flexibility index (Phi) is 4.61. The highest BCUT2D eigenvalue weighted by Crippen LogP contribution is 2.42. The van der Waals surface area contributed by atoms with E-state index in [4.69, 9.17) is 9.47 Å². The quantitative estimate of drug-likeness (QED) is 0.501. The number of hydrogen-bond acceptors (Lipinski definition) is 8. The normalized spacial score (nSPS) is 18.7. The third-order valence-corrected chi connectivity index (χ3v) is 4.16. The lowest BCUT2D eigenvalue weighted by Gasteiger charge is -2.29. The van der Waals surface area contributed by atoms with Crippen LogP contribution in [0.3, 0.4) is 0 Å². The first-order valence-electron chi connectivity index (χ1n) is 7.76. The van der Waals surface area contributed by atoms with Crippen molar-refractivity contribution in [2.45, 2.75) is 12.8 Å². The Morgan fingerprint density at radius 2 is 2.15 bits per heavy atom. The van der Waals surface area contributed by atoms with Crippen LogP contribution in [-0.2, 0) is 14.2 Å². The molecule has 136 valence electrons. The first-order valence-corrected chi connectivity index (χ1v) is 7.76. The second kappa shape index (κ2) is 6.87. The average molecular weight is 359 g/mol. The average Bonchev–Trinajstić information content (AvgIpc) is 3.04. The number of nitro benzene ring substituents is 1. The standard InChI is InChI=1S/C17H17N3O6/c1-9-15(26-17(21)25-3)13(10-5-4-6-11(7-10)20(22)23)14-12(19-9)8-18-16(14)24-2/h4-7,13,19H,8H2,1-3H3. The smallest absolute Gasteiger partial charge is 0.481 e. The third kappa shape index (κ3) is 2.99. The summed E-state index contributed by atoms with van der Waals surface area (Å²) in [4.78, 5) is 26.7. The molecule has 0 radical (unpaired) electrons. The summed E-state index contributed by atoms with van der Waals surface area (Å²) in [7, 11) is 2.70. The number of nitrogens with zero attached hydrogens (tertiary/aromatic N) is 2. The van der Waals surface area contributed by atoms with E-state index in [1.807, 2.05) is 0 Å². The predicted molar refractivity (Wildman–Crippen MR) is 91.5 cm³/mol. The summed E-state index contributed by atoms with van der Waals surface area (Å²) >= 11 is 0. The van der Waals surface area contributed by atoms with Crippen LogP contribution < -0.4 is 5.32 Å². The Bertz CT molecular complexity index is 871. The highest BCUT2D eigenvalue weighted by molar-refractivity contribution is 5.99. The molecule has 0 saturated heterocycles. The van der Waals surface area contributed by atoms with E-state index in [2.05, 4.69) is 15.0 Å². The van der Waals surface area contributed by atoms with Crippen LogP contribution in [-0.4, -0.2) is 37.7 Å². The third-order valence-electron chi connectivity index (χ3n) is 4.16. The number of nitro groups is 1. The second-order valence-electron chi connectivity index (χ2n) is 5.67. The molecule has 2 aliphatic heterocycles. The van der Waals surface area contributed by atoms with Gasteiger partial charge in [0.05, 0.1) is 42.9 Å². The fraction of sp³-hybridized carbons (Fsp3) is 0.294. The number of methoxy groups -OCH3 is 2. The Morgan fingerprint density at radius 3 is 2.81 bits per heavy atom. The first kappa shape index (κ1) is 17.5. The van der Waals surface area contributed by atoms with Gasteiger partial charge in [-0.1, -0.05) is 12.1 Å². The molecule has 0 saturated carbocycles. The molecule has 1 aromatic rings. The zero-order valence-corrected chi connectivity index (χ0v) is 14.4. The van der Waals surface area contributed by atoms with Crippen LogP contribution in [0, 0.1) is 10.1 Å².